The zero-order valence-electron chi connectivity index (χ0n) is 28.3. The third-order valence-corrected chi connectivity index (χ3v) is 9.28. The van der Waals surface area contributed by atoms with E-state index in [1.165, 1.54) is 36.4 Å². The number of nitro groups is 2. The van der Waals surface area contributed by atoms with Crippen LogP contribution in [0.25, 0.3) is 0 Å². The zero-order valence-corrected chi connectivity index (χ0v) is 29.1. The first-order chi connectivity index (χ1) is 25.5. The number of ether oxygens (including phenoxy) is 4. The minimum absolute atomic E-state index is 0.000221. The number of benzene rings is 4. The third-order valence-electron chi connectivity index (χ3n) is 7.99. The summed E-state index contributed by atoms with van der Waals surface area (Å²) in [5, 5.41) is 43.6. The molecule has 2 atom stereocenters. The van der Waals surface area contributed by atoms with Crippen LogP contribution < -0.4 is 24.3 Å². The van der Waals surface area contributed by atoms with Crippen LogP contribution in [0.2, 0.25) is 0 Å². The molecule has 4 aromatic carbocycles. The van der Waals surface area contributed by atoms with E-state index in [0.717, 1.165) is 11.1 Å². The van der Waals surface area contributed by atoms with E-state index in [-0.39, 0.29) is 71.1 Å². The van der Waals surface area contributed by atoms with Crippen molar-refractivity contribution in [3.63, 3.8) is 0 Å². The Morgan fingerprint density at radius 2 is 1.32 bits per heavy atom. The number of rotatable bonds is 12. The molecular weight excluding hydrogens is 710 g/mol. The van der Waals surface area contributed by atoms with E-state index in [0.29, 0.717) is 31.2 Å². The van der Waals surface area contributed by atoms with E-state index in [2.05, 4.69) is 5.32 Å². The molecule has 0 aromatic heterocycles. The first-order valence-electron chi connectivity index (χ1n) is 16.1. The maximum Gasteiger partial charge on any atom is 0.297 e. The largest absolute Gasteiger partial charge is 0.486 e. The van der Waals surface area contributed by atoms with Gasteiger partial charge in [-0.2, -0.15) is 18.9 Å². The van der Waals surface area contributed by atoms with Gasteiger partial charge in [-0.25, -0.2) is 0 Å². The third kappa shape index (κ3) is 9.54. The molecule has 0 fully saturated rings. The predicted octanol–water partition coefficient (Wildman–Crippen LogP) is 5.11. The number of hydrogen-bond donors (Lipinski definition) is 1. The monoisotopic (exact) mass is 743 g/mol. The summed E-state index contributed by atoms with van der Waals surface area (Å²) in [6.45, 7) is 3.06. The van der Waals surface area contributed by atoms with Crippen LogP contribution in [0.5, 0.6) is 23.0 Å². The van der Waals surface area contributed by atoms with Crippen molar-refractivity contribution in [2.75, 3.05) is 26.4 Å². The molecule has 0 saturated carbocycles. The van der Waals surface area contributed by atoms with Crippen molar-refractivity contribution >= 4 is 21.5 Å². The van der Waals surface area contributed by atoms with Gasteiger partial charge >= 0.3 is 0 Å². The first-order valence-corrected chi connectivity index (χ1v) is 17.6. The average molecular weight is 744 g/mol. The molecule has 1 N–H and O–H groups in total. The van der Waals surface area contributed by atoms with Gasteiger partial charge in [0.15, 0.2) is 29.1 Å². The Balaban J connectivity index is 0.000000206. The fourth-order valence-electron chi connectivity index (χ4n) is 5.38. The van der Waals surface area contributed by atoms with Gasteiger partial charge in [0, 0.05) is 25.2 Å². The van der Waals surface area contributed by atoms with Crippen LogP contribution in [0, 0.1) is 49.8 Å². The molecule has 2 unspecified atom stereocenters. The van der Waals surface area contributed by atoms with Crippen molar-refractivity contribution < 1.29 is 41.4 Å². The summed E-state index contributed by atoms with van der Waals surface area (Å²) < 4.78 is 52.4. The van der Waals surface area contributed by atoms with Gasteiger partial charge in [0.25, 0.3) is 21.5 Å². The summed E-state index contributed by atoms with van der Waals surface area (Å²) in [6.07, 6.45) is -1.45. The second-order valence-corrected chi connectivity index (χ2v) is 13.4. The van der Waals surface area contributed by atoms with Crippen LogP contribution in [0.15, 0.2) is 83.8 Å². The molecule has 2 aliphatic heterocycles. The number of nitro benzene ring substituents is 2. The van der Waals surface area contributed by atoms with Gasteiger partial charge in [0.1, 0.15) is 25.9 Å². The Morgan fingerprint density at radius 1 is 0.792 bits per heavy atom. The number of nitriles is 2. The molecule has 0 aliphatic carbocycles. The van der Waals surface area contributed by atoms with Crippen molar-refractivity contribution in [1.82, 2.24) is 5.32 Å². The second-order valence-electron chi connectivity index (χ2n) is 11.7. The molecule has 17 heteroatoms. The smallest absolute Gasteiger partial charge is 0.297 e. The van der Waals surface area contributed by atoms with Crippen molar-refractivity contribution in [3.05, 3.63) is 121 Å². The van der Waals surface area contributed by atoms with Crippen LogP contribution in [0.4, 0.5) is 11.4 Å². The van der Waals surface area contributed by atoms with E-state index in [1.54, 1.807) is 12.1 Å². The first kappa shape index (κ1) is 38.0. The van der Waals surface area contributed by atoms with Crippen LogP contribution in [-0.4, -0.2) is 56.8 Å². The molecule has 6 rings (SSSR count). The normalized spacial score (nSPS) is 15.5. The number of nitrogens with one attached hydrogen (secondary N) is 1. The topological polar surface area (TPSA) is 226 Å². The van der Waals surface area contributed by atoms with Gasteiger partial charge in [-0.05, 0) is 36.8 Å². The molecule has 0 amide bonds. The van der Waals surface area contributed by atoms with Crippen LogP contribution in [-0.2, 0) is 33.7 Å². The van der Waals surface area contributed by atoms with Gasteiger partial charge in [0.05, 0.1) is 50.8 Å². The lowest BCUT2D eigenvalue weighted by molar-refractivity contribution is -0.385. The minimum atomic E-state index is -3.99. The summed E-state index contributed by atoms with van der Waals surface area (Å²) >= 11 is 0. The fourth-order valence-corrected chi connectivity index (χ4v) is 6.32. The summed E-state index contributed by atoms with van der Waals surface area (Å²) in [4.78, 5) is 21.3. The Morgan fingerprint density at radius 3 is 1.85 bits per heavy atom. The molecule has 53 heavy (non-hydrogen) atoms. The van der Waals surface area contributed by atoms with Crippen molar-refractivity contribution in [2.45, 2.75) is 43.4 Å². The summed E-state index contributed by atoms with van der Waals surface area (Å²) in [5.41, 5.74) is 2.01. The lowest BCUT2D eigenvalue weighted by Gasteiger charge is -2.28. The molecule has 16 nitrogen and oxygen atoms in total. The molecule has 274 valence electrons. The van der Waals surface area contributed by atoms with Gasteiger partial charge in [-0.3, -0.25) is 24.4 Å². The lowest BCUT2D eigenvalue weighted by Crippen LogP contribution is -2.38. The van der Waals surface area contributed by atoms with E-state index >= 15 is 0 Å². The van der Waals surface area contributed by atoms with Gasteiger partial charge < -0.3 is 24.3 Å². The highest BCUT2D eigenvalue weighted by Crippen LogP contribution is 2.41. The highest BCUT2D eigenvalue weighted by Gasteiger charge is 2.31. The Hall–Kier alpha value is -6.27. The zero-order chi connectivity index (χ0) is 38.0. The number of hydrogen-bond acceptors (Lipinski definition) is 14. The standard InChI is InChI=1S/C18H17N3O4.C18H16N2O7S/c19-9-8-15-16(21(22)23)6-7-17-18(15)25-14(12-24-17)11-20-10-13-4-2-1-3-5-13;1-12-2-4-14(5-3-12)28(23,24)26-11-13-10-25-17-7-6-16(20(21)22)15(8-9-19)18(17)27-13/h1-7,14,20H,8,10-12H2;2-7,13H,8,10-11H2,1H3. The summed E-state index contributed by atoms with van der Waals surface area (Å²) in [7, 11) is -3.99. The molecule has 2 aliphatic rings. The lowest BCUT2D eigenvalue weighted by atomic mass is 10.1. The average Bonchev–Trinajstić information content (AvgIpc) is 3.15. The van der Waals surface area contributed by atoms with E-state index < -0.39 is 26.1 Å². The van der Waals surface area contributed by atoms with Crippen molar-refractivity contribution in [2.24, 2.45) is 0 Å². The Labute approximate surface area is 304 Å². The van der Waals surface area contributed by atoms with Crippen molar-refractivity contribution in [3.8, 4) is 35.1 Å². The molecule has 0 radical (unpaired) electrons. The number of aryl methyl sites for hydroxylation is 1. The number of fused-ring (bicyclic) bond motifs is 2. The second kappa shape index (κ2) is 17.3. The highest BCUT2D eigenvalue weighted by atomic mass is 32.2. The van der Waals surface area contributed by atoms with Crippen LogP contribution in [0.1, 0.15) is 22.3 Å². The molecular formula is C36H33N5O11S. The summed E-state index contributed by atoms with van der Waals surface area (Å²) in [5.74, 6) is 1.06. The molecule has 2 heterocycles. The maximum atomic E-state index is 12.3. The fraction of sp³-hybridized carbons (Fsp3) is 0.278. The molecule has 4 aromatic rings. The van der Waals surface area contributed by atoms with E-state index in [9.17, 15) is 28.6 Å². The molecule has 0 bridgehead atoms. The van der Waals surface area contributed by atoms with Gasteiger partial charge in [-0.15, -0.1) is 0 Å². The maximum absolute atomic E-state index is 12.3. The van der Waals surface area contributed by atoms with Crippen molar-refractivity contribution in [1.29, 1.82) is 10.5 Å². The Bertz CT molecular complexity index is 2150. The van der Waals surface area contributed by atoms with E-state index in [1.807, 2.05) is 49.4 Å². The quantitative estimate of drug-likeness (QED) is 0.113. The highest BCUT2D eigenvalue weighted by molar-refractivity contribution is 7.86. The SMILES string of the molecule is Cc1ccc(S(=O)(=O)OCC2COc3ccc([N+](=O)[O-])c(CC#N)c3O2)cc1.N#CCc1c([N+](=O)[O-])ccc2c1OC(CNCc1ccccc1)CO2. The van der Waals surface area contributed by atoms with E-state index in [4.69, 9.17) is 33.7 Å². The molecule has 0 spiro atoms. The number of nitrogens with zero attached hydrogens (tertiary/aromatic N) is 4. The van der Waals surface area contributed by atoms with Gasteiger partial charge in [-0.1, -0.05) is 48.0 Å². The molecule has 0 saturated heterocycles. The predicted molar refractivity (Wildman–Crippen MR) is 187 cm³/mol. The summed E-state index contributed by atoms with van der Waals surface area (Å²) in [6, 6.07) is 25.4. The van der Waals surface area contributed by atoms with Gasteiger partial charge in [0.2, 0.25) is 0 Å². The Kier molecular flexibility index (Phi) is 12.4. The van der Waals surface area contributed by atoms with Crippen LogP contribution in [0.3, 0.4) is 0 Å². The van der Waals surface area contributed by atoms with Crippen LogP contribution >= 0.6 is 0 Å². The minimum Gasteiger partial charge on any atom is -0.486 e.